The number of carbonyl (C=O) groups excluding carboxylic acids is 3. The largest absolute Gasteiger partial charge is 0.469 e. The summed E-state index contributed by atoms with van der Waals surface area (Å²) >= 11 is 0. The Balaban J connectivity index is 2.45. The van der Waals surface area contributed by atoms with Crippen LogP contribution in [0.3, 0.4) is 0 Å². The maximum Gasteiger partial charge on any atom is 0.305 e. The van der Waals surface area contributed by atoms with E-state index in [4.69, 9.17) is 0 Å². The fraction of sp³-hybridized carbons (Fsp3) is 0.750. The summed E-state index contributed by atoms with van der Waals surface area (Å²) < 4.78 is 4.69. The third-order valence-electron chi connectivity index (χ3n) is 4.92. The summed E-state index contributed by atoms with van der Waals surface area (Å²) in [5.41, 5.74) is 0. The average Bonchev–Trinajstić information content (AvgIpc) is 2.91. The monoisotopic (exact) mass is 336 g/mol. The molecular formula is C20H32O4. The second kappa shape index (κ2) is 11.2. The highest BCUT2D eigenvalue weighted by Gasteiger charge is 2.32. The number of hydrogen-bond donors (Lipinski definition) is 0. The normalized spacial score (nSPS) is 22.0. The van der Waals surface area contributed by atoms with Crippen LogP contribution in [0.15, 0.2) is 12.2 Å². The molecule has 4 heteroatoms. The van der Waals surface area contributed by atoms with Crippen LogP contribution in [0, 0.1) is 17.8 Å². The summed E-state index contributed by atoms with van der Waals surface area (Å²) in [5, 5.41) is 0. The first-order valence-electron chi connectivity index (χ1n) is 9.28. The van der Waals surface area contributed by atoms with E-state index in [-0.39, 0.29) is 29.5 Å². The highest BCUT2D eigenvalue weighted by atomic mass is 16.5. The predicted molar refractivity (Wildman–Crippen MR) is 94.5 cm³/mol. The van der Waals surface area contributed by atoms with Gasteiger partial charge in [0, 0.05) is 25.2 Å². The number of methoxy groups -OCH3 is 1. The van der Waals surface area contributed by atoms with Crippen molar-refractivity contribution in [1.82, 2.24) is 0 Å². The minimum absolute atomic E-state index is 0.00443. The number of ether oxygens (including phenoxy) is 1. The standard InChI is InChI=1S/C20H32O4/c1-4-5-6-7-17(21)11-9-16-10-13-19(22)18(16)12-8-15(2)14-20(23)24-3/h9,11,15-16,18H,4-8,10,12-14H2,1-3H3. The van der Waals surface area contributed by atoms with E-state index in [0.29, 0.717) is 25.0 Å². The lowest BCUT2D eigenvalue weighted by Crippen LogP contribution is -2.16. The predicted octanol–water partition coefficient (Wildman–Crippen LogP) is 4.27. The Kier molecular flexibility index (Phi) is 9.58. The molecule has 0 radical (unpaired) electrons. The lowest BCUT2D eigenvalue weighted by molar-refractivity contribution is -0.141. The van der Waals surface area contributed by atoms with E-state index in [1.807, 2.05) is 13.0 Å². The van der Waals surface area contributed by atoms with Gasteiger partial charge in [-0.05, 0) is 43.6 Å². The van der Waals surface area contributed by atoms with Gasteiger partial charge in [-0.1, -0.05) is 32.8 Å². The molecule has 0 N–H and O–H groups in total. The third kappa shape index (κ3) is 7.41. The van der Waals surface area contributed by atoms with Crippen molar-refractivity contribution in [2.45, 2.75) is 71.6 Å². The summed E-state index contributed by atoms with van der Waals surface area (Å²) in [7, 11) is 1.40. The molecular weight excluding hydrogens is 304 g/mol. The zero-order valence-corrected chi connectivity index (χ0v) is 15.4. The molecule has 1 saturated carbocycles. The fourth-order valence-corrected chi connectivity index (χ4v) is 3.34. The van der Waals surface area contributed by atoms with E-state index in [1.165, 1.54) is 7.11 Å². The molecule has 0 heterocycles. The highest BCUT2D eigenvalue weighted by molar-refractivity contribution is 5.90. The van der Waals surface area contributed by atoms with E-state index in [0.717, 1.165) is 38.5 Å². The van der Waals surface area contributed by atoms with Crippen molar-refractivity contribution in [3.05, 3.63) is 12.2 Å². The molecule has 1 aliphatic carbocycles. The van der Waals surface area contributed by atoms with Crippen LogP contribution in [0.1, 0.15) is 71.6 Å². The van der Waals surface area contributed by atoms with E-state index < -0.39 is 0 Å². The summed E-state index contributed by atoms with van der Waals surface area (Å²) in [4.78, 5) is 35.3. The number of ketones is 2. The van der Waals surface area contributed by atoms with Crippen molar-refractivity contribution in [1.29, 1.82) is 0 Å². The zero-order valence-electron chi connectivity index (χ0n) is 15.4. The van der Waals surface area contributed by atoms with Crippen LogP contribution >= 0.6 is 0 Å². The van der Waals surface area contributed by atoms with Gasteiger partial charge in [0.1, 0.15) is 5.78 Å². The number of unbranched alkanes of at least 4 members (excludes halogenated alkanes) is 2. The van der Waals surface area contributed by atoms with Crippen LogP contribution in [0.25, 0.3) is 0 Å². The Morgan fingerprint density at radius 3 is 2.75 bits per heavy atom. The van der Waals surface area contributed by atoms with Crippen molar-refractivity contribution in [2.24, 2.45) is 17.8 Å². The molecule has 0 aliphatic heterocycles. The van der Waals surface area contributed by atoms with E-state index >= 15 is 0 Å². The van der Waals surface area contributed by atoms with Crippen LogP contribution in [0.5, 0.6) is 0 Å². The summed E-state index contributed by atoms with van der Waals surface area (Å²) in [5.74, 6) is 0.664. The first-order valence-corrected chi connectivity index (χ1v) is 9.28. The number of allylic oxidation sites excluding steroid dienone is 2. The Hall–Kier alpha value is -1.45. The smallest absolute Gasteiger partial charge is 0.305 e. The molecule has 0 aromatic heterocycles. The second-order valence-corrected chi connectivity index (χ2v) is 7.02. The van der Waals surface area contributed by atoms with Gasteiger partial charge in [0.15, 0.2) is 5.78 Å². The molecule has 0 aromatic rings. The molecule has 1 rings (SSSR count). The molecule has 0 saturated heterocycles. The lowest BCUT2D eigenvalue weighted by Gasteiger charge is -2.17. The third-order valence-corrected chi connectivity index (χ3v) is 4.92. The van der Waals surface area contributed by atoms with Crippen molar-refractivity contribution >= 4 is 17.5 Å². The molecule has 1 aliphatic rings. The SMILES string of the molecule is CCCCCC(=O)C=CC1CCC(=O)C1CCC(C)CC(=O)OC. The molecule has 1 fully saturated rings. The summed E-state index contributed by atoms with van der Waals surface area (Å²) in [6, 6.07) is 0. The first-order chi connectivity index (χ1) is 11.5. The molecule has 24 heavy (non-hydrogen) atoms. The van der Waals surface area contributed by atoms with Gasteiger partial charge in [-0.2, -0.15) is 0 Å². The molecule has 4 nitrogen and oxygen atoms in total. The van der Waals surface area contributed by atoms with Gasteiger partial charge in [-0.3, -0.25) is 14.4 Å². The quantitative estimate of drug-likeness (QED) is 0.321. The maximum absolute atomic E-state index is 12.1. The summed E-state index contributed by atoms with van der Waals surface area (Å²) in [6.07, 6.45) is 10.8. The topological polar surface area (TPSA) is 60.4 Å². The van der Waals surface area contributed by atoms with Crippen molar-refractivity contribution in [3.8, 4) is 0 Å². The van der Waals surface area contributed by atoms with Gasteiger partial charge in [0.05, 0.1) is 7.11 Å². The fourth-order valence-electron chi connectivity index (χ4n) is 3.34. The molecule has 0 spiro atoms. The number of esters is 1. The highest BCUT2D eigenvalue weighted by Crippen LogP contribution is 2.34. The molecule has 3 atom stereocenters. The van der Waals surface area contributed by atoms with Gasteiger partial charge in [0.25, 0.3) is 0 Å². The molecule has 0 aromatic carbocycles. The minimum Gasteiger partial charge on any atom is -0.469 e. The number of Topliss-reactive ketones (excluding diaryl/α,β-unsaturated/α-hetero) is 1. The number of carbonyl (C=O) groups is 3. The van der Waals surface area contributed by atoms with Gasteiger partial charge in [0.2, 0.25) is 0 Å². The number of rotatable bonds is 11. The van der Waals surface area contributed by atoms with Gasteiger partial charge < -0.3 is 4.74 Å². The Morgan fingerprint density at radius 1 is 1.33 bits per heavy atom. The van der Waals surface area contributed by atoms with E-state index in [9.17, 15) is 14.4 Å². The Labute approximate surface area is 146 Å². The zero-order chi connectivity index (χ0) is 17.9. The molecule has 3 unspecified atom stereocenters. The van der Waals surface area contributed by atoms with Gasteiger partial charge in [-0.25, -0.2) is 0 Å². The van der Waals surface area contributed by atoms with E-state index in [1.54, 1.807) is 6.08 Å². The molecule has 0 bridgehead atoms. The van der Waals surface area contributed by atoms with Crippen molar-refractivity contribution in [2.75, 3.05) is 7.11 Å². The minimum atomic E-state index is -0.200. The van der Waals surface area contributed by atoms with Gasteiger partial charge >= 0.3 is 5.97 Å². The maximum atomic E-state index is 12.1. The van der Waals surface area contributed by atoms with Crippen LogP contribution in [-0.4, -0.2) is 24.6 Å². The second-order valence-electron chi connectivity index (χ2n) is 7.02. The van der Waals surface area contributed by atoms with Crippen LogP contribution in [0.2, 0.25) is 0 Å². The van der Waals surface area contributed by atoms with Crippen molar-refractivity contribution in [3.63, 3.8) is 0 Å². The van der Waals surface area contributed by atoms with E-state index in [2.05, 4.69) is 11.7 Å². The van der Waals surface area contributed by atoms with Crippen LogP contribution in [-0.2, 0) is 19.1 Å². The van der Waals surface area contributed by atoms with Crippen LogP contribution < -0.4 is 0 Å². The molecule has 136 valence electrons. The lowest BCUT2D eigenvalue weighted by atomic mass is 9.87. The Morgan fingerprint density at radius 2 is 2.08 bits per heavy atom. The number of hydrogen-bond acceptors (Lipinski definition) is 4. The van der Waals surface area contributed by atoms with Gasteiger partial charge in [-0.15, -0.1) is 0 Å². The Bertz CT molecular complexity index is 453. The first kappa shape index (κ1) is 20.6. The molecule has 0 amide bonds. The average molecular weight is 336 g/mol. The summed E-state index contributed by atoms with van der Waals surface area (Å²) in [6.45, 7) is 4.13. The van der Waals surface area contributed by atoms with Crippen LogP contribution in [0.4, 0.5) is 0 Å². The van der Waals surface area contributed by atoms with Crippen molar-refractivity contribution < 1.29 is 19.1 Å².